The van der Waals surface area contributed by atoms with Crippen molar-refractivity contribution in [2.45, 2.75) is 201 Å². The van der Waals surface area contributed by atoms with E-state index < -0.39 is 0 Å². The number of quaternary nitrogens is 1. The molecule has 0 spiro atoms. The van der Waals surface area contributed by atoms with Gasteiger partial charge < -0.3 is 5.11 Å². The summed E-state index contributed by atoms with van der Waals surface area (Å²) in [6.45, 7) is 7.07. The third-order valence-corrected chi connectivity index (χ3v) is 8.96. The fourth-order valence-electron chi connectivity index (χ4n) is 6.09. The summed E-state index contributed by atoms with van der Waals surface area (Å²) >= 11 is 0. The molecule has 238 valence electrons. The van der Waals surface area contributed by atoms with Crippen LogP contribution in [0.25, 0.3) is 0 Å². The predicted octanol–water partition coefficient (Wildman–Crippen LogP) is 10.8. The molecule has 0 aromatic rings. The Morgan fingerprint density at radius 3 is 0.900 bits per heavy atom. The summed E-state index contributed by atoms with van der Waals surface area (Å²) in [7, 11) is 0. The van der Waals surface area contributed by atoms with Gasteiger partial charge in [-0.25, -0.2) is 9.59 Å². The van der Waals surface area contributed by atoms with Crippen molar-refractivity contribution in [3.8, 4) is 0 Å². The molecule has 0 aliphatic carbocycles. The van der Waals surface area contributed by atoms with Gasteiger partial charge in [0.05, 0.1) is 26.0 Å². The lowest BCUT2D eigenvalue weighted by molar-refractivity contribution is -0.778. The van der Waals surface area contributed by atoms with Crippen LogP contribution < -0.4 is 0 Å². The van der Waals surface area contributed by atoms with Gasteiger partial charge in [-0.3, -0.25) is 0 Å². The molecule has 0 atom stereocenters. The summed E-state index contributed by atoms with van der Waals surface area (Å²) in [5.74, 6) is 0.0543. The fourth-order valence-corrected chi connectivity index (χ4v) is 6.09. The lowest BCUT2D eigenvalue weighted by Crippen LogP contribution is -2.58. The lowest BCUT2D eigenvalue weighted by atomic mass is 10.0. The van der Waals surface area contributed by atoms with Crippen molar-refractivity contribution in [1.82, 2.24) is 0 Å². The first-order valence-corrected chi connectivity index (χ1v) is 18.1. The maximum atomic E-state index is 13.2. The smallest absolute Gasteiger partial charge is 0.321 e. The zero-order valence-corrected chi connectivity index (χ0v) is 27.6. The molecule has 0 aromatic heterocycles. The number of nitrogens with zero attached hydrogens (tertiary/aromatic N) is 1. The van der Waals surface area contributed by atoms with E-state index in [2.05, 4.69) is 13.8 Å². The van der Waals surface area contributed by atoms with E-state index in [0.29, 0.717) is 19.4 Å². The molecule has 0 bridgehead atoms. The van der Waals surface area contributed by atoms with E-state index in [9.17, 15) is 14.7 Å². The Labute approximate surface area is 251 Å². The summed E-state index contributed by atoms with van der Waals surface area (Å²) < 4.78 is -0.146. The van der Waals surface area contributed by atoms with Gasteiger partial charge in [-0.05, 0) is 19.8 Å². The number of likely N-dealkylation sites (N-methyl/N-ethyl adjacent to an activating group) is 1. The summed E-state index contributed by atoms with van der Waals surface area (Å²) in [5.41, 5.74) is 0. The largest absolute Gasteiger partial charge is 0.390 e. The number of amides is 2. The number of carbonyl (C=O) groups excluding carboxylic acids is 2. The van der Waals surface area contributed by atoms with Crippen molar-refractivity contribution in [3.63, 3.8) is 0 Å². The Morgan fingerprint density at radius 1 is 0.425 bits per heavy atom. The number of hydrogen-bond acceptors (Lipinski definition) is 3. The highest BCUT2D eigenvalue weighted by molar-refractivity contribution is 5.84. The molecule has 0 aliphatic rings. The van der Waals surface area contributed by atoms with E-state index in [0.717, 1.165) is 25.7 Å². The van der Waals surface area contributed by atoms with Crippen molar-refractivity contribution < 1.29 is 19.2 Å². The van der Waals surface area contributed by atoms with E-state index in [4.69, 9.17) is 0 Å². The summed E-state index contributed by atoms with van der Waals surface area (Å²) in [6, 6.07) is 0. The molecule has 0 aliphatic heterocycles. The molecule has 0 saturated carbocycles. The number of imide groups is 1. The van der Waals surface area contributed by atoms with Gasteiger partial charge in [-0.2, -0.15) is 4.48 Å². The molecule has 0 radical (unpaired) electrons. The van der Waals surface area contributed by atoms with Crippen molar-refractivity contribution in [3.05, 3.63) is 0 Å². The Kier molecular flexibility index (Phi) is 29.2. The van der Waals surface area contributed by atoms with Crippen LogP contribution >= 0.6 is 0 Å². The SMILES string of the molecule is CCCCCCCCCCCCCCCC(=O)[N+](CC)(CCO)C(=O)CCCCCCCCCCCCCCC. The van der Waals surface area contributed by atoms with Crippen LogP contribution in [-0.2, 0) is 9.59 Å². The topological polar surface area (TPSA) is 54.4 Å². The van der Waals surface area contributed by atoms with Gasteiger partial charge in [0, 0.05) is 0 Å². The number of aliphatic hydroxyl groups is 1. The Bertz CT molecular complexity index is 520. The first kappa shape index (κ1) is 39.3. The maximum absolute atomic E-state index is 13.2. The van der Waals surface area contributed by atoms with E-state index in [1.165, 1.54) is 141 Å². The molecule has 4 nitrogen and oxygen atoms in total. The van der Waals surface area contributed by atoms with Crippen LogP contribution in [0.2, 0.25) is 0 Å². The van der Waals surface area contributed by atoms with E-state index >= 15 is 0 Å². The Hall–Kier alpha value is -0.740. The predicted molar refractivity (Wildman–Crippen MR) is 173 cm³/mol. The van der Waals surface area contributed by atoms with Crippen molar-refractivity contribution >= 4 is 11.8 Å². The second kappa shape index (κ2) is 29.7. The van der Waals surface area contributed by atoms with Gasteiger partial charge in [0.25, 0.3) is 0 Å². The maximum Gasteiger partial charge on any atom is 0.321 e. The quantitative estimate of drug-likeness (QED) is 0.0670. The molecule has 0 rings (SSSR count). The molecular formula is C36H72NO3+. The number of rotatable bonds is 31. The zero-order valence-electron chi connectivity index (χ0n) is 27.6. The average molecular weight is 567 g/mol. The summed E-state index contributed by atoms with van der Waals surface area (Å²) in [4.78, 5) is 26.4. The molecule has 40 heavy (non-hydrogen) atoms. The van der Waals surface area contributed by atoms with Gasteiger partial charge >= 0.3 is 11.8 Å². The van der Waals surface area contributed by atoms with Crippen LogP contribution in [0.3, 0.4) is 0 Å². The van der Waals surface area contributed by atoms with Crippen LogP contribution in [0.5, 0.6) is 0 Å². The van der Waals surface area contributed by atoms with Gasteiger partial charge in [-0.15, -0.1) is 0 Å². The molecule has 2 amide bonds. The number of hydrogen-bond donors (Lipinski definition) is 1. The molecule has 1 N–H and O–H groups in total. The lowest BCUT2D eigenvalue weighted by Gasteiger charge is -2.32. The minimum atomic E-state index is -0.146. The number of unbranched alkanes of at least 4 members (excludes halogenated alkanes) is 24. The van der Waals surface area contributed by atoms with Crippen molar-refractivity contribution in [1.29, 1.82) is 0 Å². The van der Waals surface area contributed by atoms with Crippen LogP contribution in [0.1, 0.15) is 201 Å². The minimum Gasteiger partial charge on any atom is -0.390 e. The zero-order chi connectivity index (χ0) is 29.6. The van der Waals surface area contributed by atoms with E-state index in [1.807, 2.05) is 6.92 Å². The van der Waals surface area contributed by atoms with Gasteiger partial charge in [0.1, 0.15) is 6.54 Å². The Morgan fingerprint density at radius 2 is 0.675 bits per heavy atom. The van der Waals surface area contributed by atoms with Crippen molar-refractivity contribution in [2.24, 2.45) is 0 Å². The monoisotopic (exact) mass is 567 g/mol. The highest BCUT2D eigenvalue weighted by Gasteiger charge is 2.41. The van der Waals surface area contributed by atoms with Crippen LogP contribution in [0.4, 0.5) is 0 Å². The Balaban J connectivity index is 3.99. The number of carbonyl (C=O) groups is 2. The molecule has 4 heteroatoms. The highest BCUT2D eigenvalue weighted by atomic mass is 16.3. The normalized spacial score (nSPS) is 11.8. The molecule has 0 aromatic carbocycles. The van der Waals surface area contributed by atoms with Crippen LogP contribution in [0, 0.1) is 0 Å². The molecule has 0 saturated heterocycles. The first-order valence-electron chi connectivity index (χ1n) is 18.1. The third-order valence-electron chi connectivity index (χ3n) is 8.96. The van der Waals surface area contributed by atoms with Gasteiger partial charge in [0.2, 0.25) is 0 Å². The van der Waals surface area contributed by atoms with E-state index in [-0.39, 0.29) is 29.4 Å². The molecule has 0 unspecified atom stereocenters. The highest BCUT2D eigenvalue weighted by Crippen LogP contribution is 2.19. The molecule has 0 heterocycles. The first-order chi connectivity index (χ1) is 19.6. The average Bonchev–Trinajstić information content (AvgIpc) is 2.96. The van der Waals surface area contributed by atoms with Crippen molar-refractivity contribution in [2.75, 3.05) is 19.7 Å². The second-order valence-electron chi connectivity index (χ2n) is 12.5. The molecular weight excluding hydrogens is 494 g/mol. The summed E-state index contributed by atoms with van der Waals surface area (Å²) in [5, 5.41) is 9.68. The summed E-state index contributed by atoms with van der Waals surface area (Å²) in [6.07, 6.45) is 34.3. The molecule has 0 fully saturated rings. The number of aliphatic hydroxyl groups excluding tert-OH is 1. The van der Waals surface area contributed by atoms with E-state index in [1.54, 1.807) is 0 Å². The van der Waals surface area contributed by atoms with Crippen LogP contribution in [-0.4, -0.2) is 41.1 Å². The van der Waals surface area contributed by atoms with Crippen LogP contribution in [0.15, 0.2) is 0 Å². The third kappa shape index (κ3) is 21.0. The fraction of sp³-hybridized carbons (Fsp3) is 0.944. The minimum absolute atomic E-state index is 0.0271. The van der Waals surface area contributed by atoms with Gasteiger partial charge in [-0.1, -0.05) is 168 Å². The van der Waals surface area contributed by atoms with Gasteiger partial charge in [0.15, 0.2) is 0 Å². The second-order valence-corrected chi connectivity index (χ2v) is 12.5. The standard InChI is InChI=1S/C36H72NO3/c1-4-7-9-11-13-15-17-19-21-23-25-27-29-31-35(39)37(6-3,33-34-38)36(40)32-30-28-26-24-22-20-18-16-14-12-10-8-5-2/h38H,4-34H2,1-3H3/q+1.